The minimum atomic E-state index is 0. The monoisotopic (exact) mass is 327 g/mol. The minimum Gasteiger partial charge on any atom is -0.496 e. The van der Waals surface area contributed by atoms with Gasteiger partial charge in [-0.2, -0.15) is 0 Å². The summed E-state index contributed by atoms with van der Waals surface area (Å²) in [5, 5.41) is 2.99. The number of hydrogen-bond acceptors (Lipinski definition) is 4. The average molecular weight is 328 g/mol. The maximum atomic E-state index is 11.7. The molecule has 3 N–H and O–H groups in total. The van der Waals surface area contributed by atoms with Gasteiger partial charge in [-0.15, -0.1) is 12.4 Å². The number of carbonyl (C=O) groups excluding carboxylic acids is 1. The zero-order valence-corrected chi connectivity index (χ0v) is 13.9. The molecule has 1 atom stereocenters. The Kier molecular flexibility index (Phi) is 8.24. The Bertz CT molecular complexity index is 464. The predicted molar refractivity (Wildman–Crippen MR) is 90.5 cm³/mol. The Morgan fingerprint density at radius 1 is 1.36 bits per heavy atom. The first-order valence-electron chi connectivity index (χ1n) is 7.60. The molecule has 1 aliphatic rings. The summed E-state index contributed by atoms with van der Waals surface area (Å²) in [6.07, 6.45) is 2.80. The van der Waals surface area contributed by atoms with Crippen LogP contribution in [0.2, 0.25) is 0 Å². The number of nitrogens with two attached hydrogens (primary N) is 1. The number of methoxy groups -OCH3 is 1. The summed E-state index contributed by atoms with van der Waals surface area (Å²) in [5.41, 5.74) is 6.56. The van der Waals surface area contributed by atoms with Crippen LogP contribution in [0.15, 0.2) is 24.3 Å². The molecule has 0 aliphatic carbocycles. The van der Waals surface area contributed by atoms with E-state index >= 15 is 0 Å². The van der Waals surface area contributed by atoms with Crippen molar-refractivity contribution in [2.24, 2.45) is 5.73 Å². The second kappa shape index (κ2) is 9.66. The number of amides is 1. The van der Waals surface area contributed by atoms with E-state index in [0.29, 0.717) is 19.5 Å². The van der Waals surface area contributed by atoms with Gasteiger partial charge in [0.2, 0.25) is 5.91 Å². The normalized spacial score (nSPS) is 15.9. The molecule has 1 aliphatic heterocycles. The number of ether oxygens (including phenoxy) is 1. The topological polar surface area (TPSA) is 67.6 Å². The van der Waals surface area contributed by atoms with Gasteiger partial charge in [0.15, 0.2) is 0 Å². The second-order valence-corrected chi connectivity index (χ2v) is 5.34. The molecule has 1 fully saturated rings. The van der Waals surface area contributed by atoms with Gasteiger partial charge < -0.3 is 15.8 Å². The molecule has 1 amide bonds. The van der Waals surface area contributed by atoms with Crippen molar-refractivity contribution in [2.45, 2.75) is 25.3 Å². The van der Waals surface area contributed by atoms with E-state index in [0.717, 1.165) is 24.4 Å². The van der Waals surface area contributed by atoms with Gasteiger partial charge in [-0.05, 0) is 32.0 Å². The number of para-hydroxylation sites is 1. The van der Waals surface area contributed by atoms with Gasteiger partial charge in [0.25, 0.3) is 0 Å². The summed E-state index contributed by atoms with van der Waals surface area (Å²) in [5.74, 6) is 0.888. The Morgan fingerprint density at radius 3 is 2.68 bits per heavy atom. The van der Waals surface area contributed by atoms with Crippen LogP contribution in [0.25, 0.3) is 0 Å². The van der Waals surface area contributed by atoms with E-state index in [9.17, 15) is 4.79 Å². The van der Waals surface area contributed by atoms with Crippen molar-refractivity contribution in [3.63, 3.8) is 0 Å². The lowest BCUT2D eigenvalue weighted by Gasteiger charge is -2.29. The van der Waals surface area contributed by atoms with Gasteiger partial charge in [-0.1, -0.05) is 18.2 Å². The molecule has 1 aromatic carbocycles. The van der Waals surface area contributed by atoms with Gasteiger partial charge in [-0.3, -0.25) is 9.69 Å². The Hall–Kier alpha value is -1.30. The summed E-state index contributed by atoms with van der Waals surface area (Å²) in [7, 11) is 1.69. The highest BCUT2D eigenvalue weighted by Gasteiger charge is 2.26. The molecule has 6 heteroatoms. The molecule has 1 aromatic rings. The van der Waals surface area contributed by atoms with Crippen LogP contribution in [-0.2, 0) is 4.79 Å². The fourth-order valence-corrected chi connectivity index (χ4v) is 2.86. The van der Waals surface area contributed by atoms with Crippen LogP contribution in [-0.4, -0.2) is 44.1 Å². The van der Waals surface area contributed by atoms with Crippen LogP contribution >= 0.6 is 12.4 Å². The number of rotatable bonds is 7. The lowest BCUT2D eigenvalue weighted by molar-refractivity contribution is -0.121. The van der Waals surface area contributed by atoms with Crippen LogP contribution in [0, 0.1) is 0 Å². The fraction of sp³-hybridized carbons (Fsp3) is 0.562. The number of hydrogen-bond donors (Lipinski definition) is 2. The van der Waals surface area contributed by atoms with E-state index in [1.165, 1.54) is 12.8 Å². The predicted octanol–water partition coefficient (Wildman–Crippen LogP) is 1.72. The third-order valence-corrected chi connectivity index (χ3v) is 3.94. The van der Waals surface area contributed by atoms with Gasteiger partial charge in [-0.25, -0.2) is 0 Å². The summed E-state index contributed by atoms with van der Waals surface area (Å²) in [6, 6.07) is 8.20. The highest BCUT2D eigenvalue weighted by Crippen LogP contribution is 2.31. The molecule has 0 aromatic heterocycles. The average Bonchev–Trinajstić information content (AvgIpc) is 3.02. The number of halogens is 1. The third kappa shape index (κ3) is 4.87. The first-order valence-corrected chi connectivity index (χ1v) is 7.60. The molecular formula is C16H26ClN3O2. The van der Waals surface area contributed by atoms with Crippen molar-refractivity contribution in [2.75, 3.05) is 33.3 Å². The Balaban J connectivity index is 0.00000242. The van der Waals surface area contributed by atoms with Gasteiger partial charge >= 0.3 is 0 Å². The smallest absolute Gasteiger partial charge is 0.221 e. The van der Waals surface area contributed by atoms with Crippen molar-refractivity contribution >= 4 is 18.3 Å². The van der Waals surface area contributed by atoms with Crippen LogP contribution in [0.5, 0.6) is 5.75 Å². The van der Waals surface area contributed by atoms with Gasteiger partial charge in [0.05, 0.1) is 13.2 Å². The van der Waals surface area contributed by atoms with Crippen LogP contribution in [0.1, 0.15) is 30.9 Å². The number of carbonyl (C=O) groups is 1. The zero-order chi connectivity index (χ0) is 15.1. The Labute approximate surface area is 138 Å². The molecule has 22 heavy (non-hydrogen) atoms. The SMILES string of the molecule is COc1ccccc1C(CNC(=O)CCN)N1CCCC1.Cl. The van der Waals surface area contributed by atoms with Crippen molar-refractivity contribution in [1.82, 2.24) is 10.2 Å². The minimum absolute atomic E-state index is 0. The second-order valence-electron chi connectivity index (χ2n) is 5.34. The van der Waals surface area contributed by atoms with Crippen molar-refractivity contribution in [3.05, 3.63) is 29.8 Å². The first kappa shape index (κ1) is 18.7. The van der Waals surface area contributed by atoms with E-state index in [4.69, 9.17) is 10.5 Å². The van der Waals surface area contributed by atoms with E-state index in [-0.39, 0.29) is 24.4 Å². The van der Waals surface area contributed by atoms with E-state index in [2.05, 4.69) is 16.3 Å². The standard InChI is InChI=1S/C16H25N3O2.ClH/c1-21-15-7-3-2-6-13(15)14(19-10-4-5-11-19)12-18-16(20)8-9-17;/h2-3,6-7,14H,4-5,8-12,17H2,1H3,(H,18,20);1H. The highest BCUT2D eigenvalue weighted by atomic mass is 35.5. The molecule has 0 radical (unpaired) electrons. The summed E-state index contributed by atoms with van der Waals surface area (Å²) in [6.45, 7) is 3.11. The molecule has 5 nitrogen and oxygen atoms in total. The largest absolute Gasteiger partial charge is 0.496 e. The van der Waals surface area contributed by atoms with E-state index in [1.54, 1.807) is 7.11 Å². The van der Waals surface area contributed by atoms with Crippen molar-refractivity contribution in [3.8, 4) is 5.75 Å². The molecular weight excluding hydrogens is 302 g/mol. The van der Waals surface area contributed by atoms with Crippen LogP contribution < -0.4 is 15.8 Å². The van der Waals surface area contributed by atoms with Crippen molar-refractivity contribution in [1.29, 1.82) is 0 Å². The number of likely N-dealkylation sites (tertiary alicyclic amines) is 1. The lowest BCUT2D eigenvalue weighted by atomic mass is 10.0. The lowest BCUT2D eigenvalue weighted by Crippen LogP contribution is -2.37. The number of nitrogens with zero attached hydrogens (tertiary/aromatic N) is 1. The molecule has 0 bridgehead atoms. The van der Waals surface area contributed by atoms with Gasteiger partial charge in [0, 0.05) is 25.1 Å². The number of benzene rings is 1. The van der Waals surface area contributed by atoms with Crippen molar-refractivity contribution < 1.29 is 9.53 Å². The third-order valence-electron chi connectivity index (χ3n) is 3.94. The molecule has 1 heterocycles. The summed E-state index contributed by atoms with van der Waals surface area (Å²) >= 11 is 0. The summed E-state index contributed by atoms with van der Waals surface area (Å²) < 4.78 is 5.48. The Morgan fingerprint density at radius 2 is 2.05 bits per heavy atom. The molecule has 1 unspecified atom stereocenters. The van der Waals surface area contributed by atoms with Crippen LogP contribution in [0.4, 0.5) is 0 Å². The molecule has 2 rings (SSSR count). The van der Waals surface area contributed by atoms with Gasteiger partial charge in [0.1, 0.15) is 5.75 Å². The molecule has 124 valence electrons. The quantitative estimate of drug-likeness (QED) is 0.800. The van der Waals surface area contributed by atoms with E-state index in [1.807, 2.05) is 18.2 Å². The molecule has 0 saturated carbocycles. The molecule has 0 spiro atoms. The number of nitrogens with one attached hydrogen (secondary N) is 1. The molecule has 1 saturated heterocycles. The maximum absolute atomic E-state index is 11.7. The summed E-state index contributed by atoms with van der Waals surface area (Å²) in [4.78, 5) is 14.1. The zero-order valence-electron chi connectivity index (χ0n) is 13.1. The highest BCUT2D eigenvalue weighted by molar-refractivity contribution is 5.85. The fourth-order valence-electron chi connectivity index (χ4n) is 2.86. The maximum Gasteiger partial charge on any atom is 0.221 e. The first-order chi connectivity index (χ1) is 10.3. The van der Waals surface area contributed by atoms with Crippen LogP contribution in [0.3, 0.4) is 0 Å². The van der Waals surface area contributed by atoms with E-state index < -0.39 is 0 Å².